The fraction of sp³-hybridized carbons (Fsp3) is 0.478. The first-order chi connectivity index (χ1) is 16.2. The van der Waals surface area contributed by atoms with Crippen molar-refractivity contribution in [2.45, 2.75) is 44.8 Å². The zero-order chi connectivity index (χ0) is 24.7. The van der Waals surface area contributed by atoms with E-state index in [4.69, 9.17) is 15.0 Å². The van der Waals surface area contributed by atoms with Gasteiger partial charge in [-0.3, -0.25) is 14.5 Å². The lowest BCUT2D eigenvalue weighted by molar-refractivity contribution is -0.142. The first-order valence-electron chi connectivity index (χ1n) is 10.9. The van der Waals surface area contributed by atoms with Crippen molar-refractivity contribution in [1.29, 1.82) is 0 Å². The van der Waals surface area contributed by atoms with Crippen molar-refractivity contribution >= 4 is 17.7 Å². The van der Waals surface area contributed by atoms with E-state index in [1.165, 1.54) is 13.3 Å². The Hall–Kier alpha value is -3.69. The van der Waals surface area contributed by atoms with Crippen molar-refractivity contribution < 1.29 is 19.1 Å². The van der Waals surface area contributed by atoms with Crippen LogP contribution in [-0.2, 0) is 14.9 Å². The van der Waals surface area contributed by atoms with Gasteiger partial charge in [0.15, 0.2) is 0 Å². The molecular formula is C23H29N7O4. The van der Waals surface area contributed by atoms with E-state index in [-0.39, 0.29) is 48.5 Å². The lowest BCUT2D eigenvalue weighted by atomic mass is 9.87. The maximum Gasteiger partial charge on any atom is 0.319 e. The van der Waals surface area contributed by atoms with Crippen LogP contribution in [0.3, 0.4) is 0 Å². The fourth-order valence-corrected chi connectivity index (χ4v) is 3.69. The minimum atomic E-state index is -0.386. The number of amides is 1. The van der Waals surface area contributed by atoms with Gasteiger partial charge in [-0.15, -0.1) is 0 Å². The minimum Gasteiger partial charge on any atom is -0.468 e. The molecule has 3 rings (SSSR count). The van der Waals surface area contributed by atoms with E-state index in [1.807, 2.05) is 17.0 Å². The molecule has 0 spiro atoms. The minimum absolute atomic E-state index is 0.000533. The summed E-state index contributed by atoms with van der Waals surface area (Å²) < 4.78 is 10.7. The summed E-state index contributed by atoms with van der Waals surface area (Å²) in [4.78, 5) is 37.4. The van der Waals surface area contributed by atoms with Crippen LogP contribution in [0, 0.1) is 0 Å². The number of hydrogen-bond donors (Lipinski definition) is 1. The van der Waals surface area contributed by atoms with E-state index in [0.717, 1.165) is 5.56 Å². The summed E-state index contributed by atoms with van der Waals surface area (Å²) in [5, 5.41) is 6.39. The second-order valence-electron chi connectivity index (χ2n) is 9.05. The highest BCUT2D eigenvalue weighted by atomic mass is 16.5. The predicted octanol–water partition coefficient (Wildman–Crippen LogP) is 3.33. The summed E-state index contributed by atoms with van der Waals surface area (Å²) in [5.41, 5.74) is 10.3. The second-order valence-corrected chi connectivity index (χ2v) is 9.05. The molecule has 1 aromatic heterocycles. The van der Waals surface area contributed by atoms with Crippen LogP contribution in [-0.4, -0.2) is 65.6 Å². The monoisotopic (exact) mass is 467 g/mol. The SMILES string of the molecule is COC(=O)CN1C[C@H](Oc2nccc(NC(=O)c3ccc(C(C)(C)C)cc3)n2)C[C@@H]1CN=[N+]=[N-]. The number of anilines is 1. The van der Waals surface area contributed by atoms with Crippen LogP contribution in [0.5, 0.6) is 6.01 Å². The molecule has 0 bridgehead atoms. The van der Waals surface area contributed by atoms with E-state index in [2.05, 4.69) is 46.1 Å². The van der Waals surface area contributed by atoms with Crippen molar-refractivity contribution in [2.75, 3.05) is 32.1 Å². The van der Waals surface area contributed by atoms with Crippen molar-refractivity contribution in [2.24, 2.45) is 5.11 Å². The van der Waals surface area contributed by atoms with E-state index < -0.39 is 0 Å². The van der Waals surface area contributed by atoms with Crippen LogP contribution < -0.4 is 10.1 Å². The second kappa shape index (κ2) is 11.0. The van der Waals surface area contributed by atoms with Crippen LogP contribution in [0.15, 0.2) is 41.6 Å². The quantitative estimate of drug-likeness (QED) is 0.271. The summed E-state index contributed by atoms with van der Waals surface area (Å²) in [6.45, 7) is 7.03. The maximum absolute atomic E-state index is 12.6. The van der Waals surface area contributed by atoms with Gasteiger partial charge in [0.25, 0.3) is 5.91 Å². The molecule has 2 aromatic rings. The Labute approximate surface area is 198 Å². The third-order valence-electron chi connectivity index (χ3n) is 5.57. The van der Waals surface area contributed by atoms with E-state index in [9.17, 15) is 9.59 Å². The van der Waals surface area contributed by atoms with Gasteiger partial charge >= 0.3 is 12.0 Å². The molecule has 1 N–H and O–H groups in total. The highest BCUT2D eigenvalue weighted by molar-refractivity contribution is 6.03. The van der Waals surface area contributed by atoms with Gasteiger partial charge in [0.2, 0.25) is 0 Å². The molecule has 1 aliphatic heterocycles. The highest BCUT2D eigenvalue weighted by Crippen LogP contribution is 2.24. The van der Waals surface area contributed by atoms with E-state index >= 15 is 0 Å². The zero-order valence-electron chi connectivity index (χ0n) is 19.8. The topological polar surface area (TPSA) is 142 Å². The Kier molecular flexibility index (Phi) is 8.04. The average molecular weight is 468 g/mol. The van der Waals surface area contributed by atoms with Gasteiger partial charge in [-0.2, -0.15) is 4.98 Å². The summed E-state index contributed by atoms with van der Waals surface area (Å²) in [7, 11) is 1.32. The molecule has 0 radical (unpaired) electrons. The smallest absolute Gasteiger partial charge is 0.319 e. The van der Waals surface area contributed by atoms with Gasteiger partial charge in [0.05, 0.1) is 13.7 Å². The molecular weight excluding hydrogens is 438 g/mol. The Morgan fingerprint density at radius 1 is 1.26 bits per heavy atom. The number of ether oxygens (including phenoxy) is 2. The molecule has 0 unspecified atom stereocenters. The van der Waals surface area contributed by atoms with Crippen molar-refractivity contribution in [3.05, 3.63) is 58.1 Å². The third-order valence-corrected chi connectivity index (χ3v) is 5.57. The standard InChI is InChI=1S/C23H29N7O4/c1-23(2,3)16-7-5-15(6-8-16)21(32)27-19-9-10-25-22(28-19)34-18-11-17(12-26-29-24)30(13-18)14-20(31)33-4/h5-10,17-18H,11-14H2,1-4H3,(H,25,27,28,32)/t17-,18-/m1/s1. The summed E-state index contributed by atoms with van der Waals surface area (Å²) in [6.07, 6.45) is 1.70. The molecule has 34 heavy (non-hydrogen) atoms. The molecule has 0 aliphatic carbocycles. The number of benzene rings is 1. The van der Waals surface area contributed by atoms with Gasteiger partial charge in [0.1, 0.15) is 11.9 Å². The number of carbonyl (C=O) groups is 2. The number of azide groups is 1. The zero-order valence-corrected chi connectivity index (χ0v) is 19.8. The Morgan fingerprint density at radius 3 is 2.65 bits per heavy atom. The Balaban J connectivity index is 1.64. The first-order valence-corrected chi connectivity index (χ1v) is 10.9. The van der Waals surface area contributed by atoms with Crippen LogP contribution in [0.2, 0.25) is 0 Å². The van der Waals surface area contributed by atoms with E-state index in [0.29, 0.717) is 24.3 Å². The van der Waals surface area contributed by atoms with Crippen LogP contribution in [0.25, 0.3) is 10.4 Å². The first kappa shape index (κ1) is 24.9. The fourth-order valence-electron chi connectivity index (χ4n) is 3.69. The number of nitrogens with zero attached hydrogens (tertiary/aromatic N) is 6. The van der Waals surface area contributed by atoms with Crippen molar-refractivity contribution in [3.63, 3.8) is 0 Å². The van der Waals surface area contributed by atoms with Gasteiger partial charge < -0.3 is 14.8 Å². The van der Waals surface area contributed by atoms with Gasteiger partial charge in [-0.1, -0.05) is 38.0 Å². The molecule has 1 amide bonds. The van der Waals surface area contributed by atoms with Crippen LogP contribution in [0.4, 0.5) is 5.82 Å². The molecule has 1 saturated heterocycles. The molecule has 180 valence electrons. The predicted molar refractivity (Wildman–Crippen MR) is 126 cm³/mol. The van der Waals surface area contributed by atoms with Gasteiger partial charge in [-0.25, -0.2) is 4.98 Å². The molecule has 1 fully saturated rings. The molecule has 2 atom stereocenters. The summed E-state index contributed by atoms with van der Waals surface area (Å²) in [5.74, 6) is -0.363. The summed E-state index contributed by atoms with van der Waals surface area (Å²) in [6, 6.07) is 8.97. The molecule has 11 nitrogen and oxygen atoms in total. The van der Waals surface area contributed by atoms with Gasteiger partial charge in [0, 0.05) is 42.2 Å². The Bertz CT molecular complexity index is 1060. The molecule has 11 heteroatoms. The number of carbonyl (C=O) groups excluding carboxylic acids is 2. The van der Waals surface area contributed by atoms with Gasteiger partial charge in [-0.05, 0) is 34.7 Å². The summed E-state index contributed by atoms with van der Waals surface area (Å²) >= 11 is 0. The normalized spacial score (nSPS) is 18.1. The highest BCUT2D eigenvalue weighted by Gasteiger charge is 2.34. The lowest BCUT2D eigenvalue weighted by Gasteiger charge is -2.20. The maximum atomic E-state index is 12.6. The largest absolute Gasteiger partial charge is 0.468 e. The van der Waals surface area contributed by atoms with E-state index in [1.54, 1.807) is 18.2 Å². The molecule has 1 aromatic carbocycles. The van der Waals surface area contributed by atoms with Crippen LogP contribution in [0.1, 0.15) is 43.1 Å². The number of nitrogens with one attached hydrogen (secondary N) is 1. The molecule has 1 aliphatic rings. The number of aromatic nitrogens is 2. The average Bonchev–Trinajstić information content (AvgIpc) is 3.17. The molecule has 2 heterocycles. The lowest BCUT2D eigenvalue weighted by Crippen LogP contribution is -2.37. The Morgan fingerprint density at radius 2 is 2.00 bits per heavy atom. The van der Waals surface area contributed by atoms with Crippen molar-refractivity contribution in [3.8, 4) is 6.01 Å². The number of methoxy groups -OCH3 is 1. The number of hydrogen-bond acceptors (Lipinski definition) is 8. The number of esters is 1. The number of likely N-dealkylation sites (tertiary alicyclic amines) is 1. The van der Waals surface area contributed by atoms with Crippen LogP contribution >= 0.6 is 0 Å². The molecule has 0 saturated carbocycles. The van der Waals surface area contributed by atoms with Crippen molar-refractivity contribution in [1.82, 2.24) is 14.9 Å². The number of rotatable bonds is 8. The third kappa shape index (κ3) is 6.66.